The number of amides is 1. The third-order valence-electron chi connectivity index (χ3n) is 3.93. The Labute approximate surface area is 146 Å². The molecule has 1 aliphatic rings. The van der Waals surface area contributed by atoms with Crippen LogP contribution < -0.4 is 15.8 Å². The molecule has 25 heavy (non-hydrogen) atoms. The maximum absolute atomic E-state index is 11.4. The number of aryl methyl sites for hydroxylation is 1. The van der Waals surface area contributed by atoms with E-state index in [-0.39, 0.29) is 18.6 Å². The molecule has 2 atom stereocenters. The lowest BCUT2D eigenvalue weighted by molar-refractivity contribution is -0.116. The van der Waals surface area contributed by atoms with Gasteiger partial charge in [0.25, 0.3) is 0 Å². The van der Waals surface area contributed by atoms with Gasteiger partial charge in [0.15, 0.2) is 0 Å². The lowest BCUT2D eigenvalue weighted by Gasteiger charge is -2.18. The number of aromatic nitrogens is 3. The number of nitrogens with one attached hydrogen (secondary N) is 1. The van der Waals surface area contributed by atoms with Crippen molar-refractivity contribution < 1.29 is 14.6 Å². The van der Waals surface area contributed by atoms with Crippen molar-refractivity contribution in [1.29, 1.82) is 0 Å². The van der Waals surface area contributed by atoms with Crippen LogP contribution in [0.2, 0.25) is 0 Å². The summed E-state index contributed by atoms with van der Waals surface area (Å²) >= 11 is 0. The Kier molecular flexibility index (Phi) is 5.30. The third-order valence-corrected chi connectivity index (χ3v) is 3.93. The molecule has 0 fully saturated rings. The van der Waals surface area contributed by atoms with Crippen LogP contribution in [0.25, 0.3) is 0 Å². The van der Waals surface area contributed by atoms with E-state index in [1.165, 1.54) is 0 Å². The highest BCUT2D eigenvalue weighted by Gasteiger charge is 2.16. The molecule has 0 radical (unpaired) electrons. The molecule has 8 heteroatoms. The van der Waals surface area contributed by atoms with Crippen molar-refractivity contribution in [1.82, 2.24) is 15.0 Å². The number of anilines is 1. The van der Waals surface area contributed by atoms with E-state index in [0.29, 0.717) is 31.6 Å². The number of rotatable bonds is 7. The number of carbonyl (C=O) groups is 1. The molecule has 0 spiro atoms. The van der Waals surface area contributed by atoms with Crippen LogP contribution in [0.3, 0.4) is 0 Å². The van der Waals surface area contributed by atoms with Crippen LogP contribution in [-0.4, -0.2) is 44.8 Å². The lowest BCUT2D eigenvalue weighted by atomic mass is 10.0. The normalized spacial score (nSPS) is 16.0. The average Bonchev–Trinajstić information content (AvgIpc) is 2.99. The molecule has 8 nitrogen and oxygen atoms in total. The molecule has 2 aromatic rings. The van der Waals surface area contributed by atoms with Crippen LogP contribution >= 0.6 is 0 Å². The van der Waals surface area contributed by atoms with E-state index < -0.39 is 6.10 Å². The number of aliphatic hydroxyl groups is 1. The largest absolute Gasteiger partial charge is 0.491 e. The summed E-state index contributed by atoms with van der Waals surface area (Å²) in [7, 11) is 0. The predicted octanol–water partition coefficient (Wildman–Crippen LogP) is 0.492. The summed E-state index contributed by atoms with van der Waals surface area (Å²) in [6.45, 7) is 2.35. The predicted molar refractivity (Wildman–Crippen MR) is 92.3 cm³/mol. The minimum absolute atomic E-state index is 0.0206. The molecular weight excluding hydrogens is 322 g/mol. The summed E-state index contributed by atoms with van der Waals surface area (Å²) in [5.41, 5.74) is 8.41. The monoisotopic (exact) mass is 345 g/mol. The number of hydrogen-bond acceptors (Lipinski definition) is 6. The second-order valence-corrected chi connectivity index (χ2v) is 6.45. The van der Waals surface area contributed by atoms with E-state index in [1.807, 2.05) is 19.1 Å². The quantitative estimate of drug-likeness (QED) is 0.673. The van der Waals surface area contributed by atoms with Gasteiger partial charge in [-0.25, -0.2) is 4.68 Å². The molecule has 2 heterocycles. The van der Waals surface area contributed by atoms with Crippen LogP contribution in [0.5, 0.6) is 5.75 Å². The summed E-state index contributed by atoms with van der Waals surface area (Å²) in [6, 6.07) is 5.53. The lowest BCUT2D eigenvalue weighted by Crippen LogP contribution is -2.24. The molecule has 4 N–H and O–H groups in total. The molecule has 1 aliphatic heterocycles. The second kappa shape index (κ2) is 7.62. The fraction of sp³-hybridized carbons (Fsp3) is 0.471. The summed E-state index contributed by atoms with van der Waals surface area (Å²) in [4.78, 5) is 11.4. The Hall–Kier alpha value is -2.45. The maximum Gasteiger partial charge on any atom is 0.224 e. The van der Waals surface area contributed by atoms with Crippen LogP contribution in [0.1, 0.15) is 24.6 Å². The molecule has 3 rings (SSSR count). The molecule has 1 aromatic carbocycles. The molecule has 0 saturated carbocycles. The van der Waals surface area contributed by atoms with Crippen LogP contribution in [-0.2, 0) is 24.2 Å². The van der Waals surface area contributed by atoms with Crippen LogP contribution in [0, 0.1) is 0 Å². The Morgan fingerprint density at radius 3 is 3.08 bits per heavy atom. The van der Waals surface area contributed by atoms with Gasteiger partial charge in [-0.1, -0.05) is 5.21 Å². The van der Waals surface area contributed by atoms with Gasteiger partial charge in [-0.3, -0.25) is 4.79 Å². The number of hydrogen-bond donors (Lipinski definition) is 3. The Bertz CT molecular complexity index is 744. The van der Waals surface area contributed by atoms with Gasteiger partial charge in [-0.05, 0) is 37.1 Å². The van der Waals surface area contributed by atoms with Crippen LogP contribution in [0.15, 0.2) is 24.4 Å². The first-order chi connectivity index (χ1) is 12.0. The van der Waals surface area contributed by atoms with Gasteiger partial charge in [-0.15, -0.1) is 5.10 Å². The summed E-state index contributed by atoms with van der Waals surface area (Å²) < 4.78 is 7.25. The summed E-state index contributed by atoms with van der Waals surface area (Å²) in [5.74, 6) is 0.706. The molecular formula is C17H23N5O3. The standard InChI is InChI=1S/C17H23N5O3/c1-11(18)6-13-8-22(21-20-13)9-14(23)10-25-15-3-4-16-12(7-15)2-5-17(24)19-16/h3-4,7-8,11,14,23H,2,5-6,9-10,18H2,1H3,(H,19,24). The fourth-order valence-electron chi connectivity index (χ4n) is 2.76. The van der Waals surface area contributed by atoms with Gasteiger partial charge < -0.3 is 20.9 Å². The van der Waals surface area contributed by atoms with Crippen LogP contribution in [0.4, 0.5) is 5.69 Å². The van der Waals surface area contributed by atoms with Gasteiger partial charge in [0.1, 0.15) is 18.5 Å². The van der Waals surface area contributed by atoms with E-state index in [0.717, 1.165) is 16.9 Å². The van der Waals surface area contributed by atoms with Crippen molar-refractivity contribution >= 4 is 11.6 Å². The van der Waals surface area contributed by atoms with Gasteiger partial charge in [0, 0.05) is 30.8 Å². The zero-order valence-corrected chi connectivity index (χ0v) is 14.2. The van der Waals surface area contributed by atoms with E-state index in [4.69, 9.17) is 10.5 Å². The topological polar surface area (TPSA) is 115 Å². The molecule has 1 aromatic heterocycles. The van der Waals surface area contributed by atoms with Crippen molar-refractivity contribution in [3.05, 3.63) is 35.7 Å². The third kappa shape index (κ3) is 4.77. The number of fused-ring (bicyclic) bond motifs is 1. The zero-order valence-electron chi connectivity index (χ0n) is 14.2. The SMILES string of the molecule is CC(N)Cc1cn(CC(O)COc2ccc3c(c2)CCC(=O)N3)nn1. The van der Waals surface area contributed by atoms with Crippen molar-refractivity contribution in [2.75, 3.05) is 11.9 Å². The average molecular weight is 345 g/mol. The van der Waals surface area contributed by atoms with E-state index in [9.17, 15) is 9.90 Å². The van der Waals surface area contributed by atoms with E-state index in [2.05, 4.69) is 15.6 Å². The van der Waals surface area contributed by atoms with Crippen molar-refractivity contribution in [2.45, 2.75) is 44.9 Å². The molecule has 0 bridgehead atoms. The summed E-state index contributed by atoms with van der Waals surface area (Å²) in [6.07, 6.45) is 2.91. The second-order valence-electron chi connectivity index (χ2n) is 6.45. The first kappa shape index (κ1) is 17.4. The molecule has 0 aliphatic carbocycles. The Morgan fingerprint density at radius 1 is 1.44 bits per heavy atom. The number of nitrogens with two attached hydrogens (primary N) is 1. The number of aliphatic hydroxyl groups excluding tert-OH is 1. The number of nitrogens with zero attached hydrogens (tertiary/aromatic N) is 3. The maximum atomic E-state index is 11.4. The number of carbonyl (C=O) groups excluding carboxylic acids is 1. The zero-order chi connectivity index (χ0) is 17.8. The van der Waals surface area contributed by atoms with Crippen molar-refractivity contribution in [3.63, 3.8) is 0 Å². The smallest absolute Gasteiger partial charge is 0.224 e. The first-order valence-electron chi connectivity index (χ1n) is 8.38. The number of benzene rings is 1. The minimum atomic E-state index is -0.708. The van der Waals surface area contributed by atoms with E-state index in [1.54, 1.807) is 16.9 Å². The molecule has 2 unspecified atom stereocenters. The fourth-order valence-corrected chi connectivity index (χ4v) is 2.76. The van der Waals surface area contributed by atoms with Gasteiger partial charge >= 0.3 is 0 Å². The van der Waals surface area contributed by atoms with Crippen molar-refractivity contribution in [3.8, 4) is 5.75 Å². The highest BCUT2D eigenvalue weighted by atomic mass is 16.5. The minimum Gasteiger partial charge on any atom is -0.491 e. The Balaban J connectivity index is 1.51. The highest BCUT2D eigenvalue weighted by molar-refractivity contribution is 5.93. The van der Waals surface area contributed by atoms with Gasteiger partial charge in [0.05, 0.1) is 12.2 Å². The van der Waals surface area contributed by atoms with Gasteiger partial charge in [0.2, 0.25) is 5.91 Å². The molecule has 0 saturated heterocycles. The number of ether oxygens (including phenoxy) is 1. The van der Waals surface area contributed by atoms with Crippen molar-refractivity contribution in [2.24, 2.45) is 5.73 Å². The molecule has 134 valence electrons. The summed E-state index contributed by atoms with van der Waals surface area (Å²) in [5, 5.41) is 21.0. The van der Waals surface area contributed by atoms with E-state index >= 15 is 0 Å². The first-order valence-corrected chi connectivity index (χ1v) is 8.38. The Morgan fingerprint density at radius 2 is 2.28 bits per heavy atom. The highest BCUT2D eigenvalue weighted by Crippen LogP contribution is 2.26. The van der Waals surface area contributed by atoms with Gasteiger partial charge in [-0.2, -0.15) is 0 Å². The molecule has 1 amide bonds.